The van der Waals surface area contributed by atoms with E-state index < -0.39 is 0 Å². The quantitative estimate of drug-likeness (QED) is 0.615. The van der Waals surface area contributed by atoms with Crippen molar-refractivity contribution in [3.05, 3.63) is 22.4 Å². The molecule has 18 heavy (non-hydrogen) atoms. The molecule has 0 saturated carbocycles. The molecule has 1 aromatic heterocycles. The van der Waals surface area contributed by atoms with E-state index >= 15 is 0 Å². The Labute approximate surface area is 112 Å². The number of Topliss-reactive ketones (excluding diaryl/α,β-unsaturated/α-hetero) is 1. The zero-order valence-electron chi connectivity index (χ0n) is 10.5. The fourth-order valence-electron chi connectivity index (χ4n) is 2.02. The minimum atomic E-state index is 0.161. The number of rotatable bonds is 4. The van der Waals surface area contributed by atoms with Crippen LogP contribution in [0.15, 0.2) is 17.5 Å². The molecular formula is C14H17NO2S. The Morgan fingerprint density at radius 1 is 1.67 bits per heavy atom. The zero-order valence-corrected chi connectivity index (χ0v) is 11.3. The van der Waals surface area contributed by atoms with Crippen LogP contribution in [0.3, 0.4) is 0 Å². The third kappa shape index (κ3) is 3.42. The number of thiophene rings is 1. The van der Waals surface area contributed by atoms with Gasteiger partial charge in [-0.25, -0.2) is 0 Å². The van der Waals surface area contributed by atoms with E-state index in [1.54, 1.807) is 0 Å². The summed E-state index contributed by atoms with van der Waals surface area (Å²) in [6.07, 6.45) is 0.520. The van der Waals surface area contributed by atoms with Crippen LogP contribution in [-0.2, 0) is 4.74 Å². The van der Waals surface area contributed by atoms with Crippen LogP contribution in [0.4, 0.5) is 0 Å². The first-order valence-corrected chi connectivity index (χ1v) is 6.97. The van der Waals surface area contributed by atoms with Crippen molar-refractivity contribution in [1.82, 2.24) is 4.90 Å². The molecule has 2 heterocycles. The summed E-state index contributed by atoms with van der Waals surface area (Å²) in [6, 6.07) is 3.96. The van der Waals surface area contributed by atoms with E-state index in [0.717, 1.165) is 24.6 Å². The Hall–Kier alpha value is -1.15. The summed E-state index contributed by atoms with van der Waals surface area (Å²) < 4.78 is 5.47. The number of ketones is 1. The minimum absolute atomic E-state index is 0.161. The van der Waals surface area contributed by atoms with Crippen molar-refractivity contribution in [2.75, 3.05) is 26.3 Å². The third-order valence-electron chi connectivity index (χ3n) is 3.03. The van der Waals surface area contributed by atoms with Crippen molar-refractivity contribution in [3.63, 3.8) is 0 Å². The predicted octanol–water partition coefficient (Wildman–Crippen LogP) is 2.05. The van der Waals surface area contributed by atoms with Gasteiger partial charge in [0.1, 0.15) is 0 Å². The van der Waals surface area contributed by atoms with Crippen LogP contribution < -0.4 is 0 Å². The molecule has 0 radical (unpaired) electrons. The molecular weight excluding hydrogens is 246 g/mol. The van der Waals surface area contributed by atoms with Crippen LogP contribution in [0.25, 0.3) is 0 Å². The van der Waals surface area contributed by atoms with Gasteiger partial charge >= 0.3 is 0 Å². The molecule has 0 amide bonds. The summed E-state index contributed by atoms with van der Waals surface area (Å²) in [5, 5.41) is 1.94. The van der Waals surface area contributed by atoms with Crippen molar-refractivity contribution >= 4 is 17.1 Å². The summed E-state index contributed by atoms with van der Waals surface area (Å²) in [6.45, 7) is 4.78. The van der Waals surface area contributed by atoms with E-state index in [1.807, 2.05) is 24.4 Å². The van der Waals surface area contributed by atoms with Crippen LogP contribution >= 0.6 is 11.3 Å². The van der Waals surface area contributed by atoms with E-state index in [1.165, 1.54) is 11.3 Å². The van der Waals surface area contributed by atoms with E-state index in [4.69, 9.17) is 4.74 Å². The second-order valence-electron chi connectivity index (χ2n) is 4.23. The van der Waals surface area contributed by atoms with Gasteiger partial charge in [0.2, 0.25) is 0 Å². The van der Waals surface area contributed by atoms with Crippen molar-refractivity contribution in [3.8, 4) is 11.8 Å². The number of carbonyl (C=O) groups excluding carboxylic acids is 1. The Morgan fingerprint density at radius 2 is 2.56 bits per heavy atom. The van der Waals surface area contributed by atoms with Crippen LogP contribution in [-0.4, -0.2) is 43.0 Å². The summed E-state index contributed by atoms with van der Waals surface area (Å²) in [4.78, 5) is 15.2. The van der Waals surface area contributed by atoms with Gasteiger partial charge in [0.25, 0.3) is 0 Å². The van der Waals surface area contributed by atoms with Crippen LogP contribution in [0.1, 0.15) is 23.0 Å². The summed E-state index contributed by atoms with van der Waals surface area (Å²) in [7, 11) is 0. The Bertz CT molecular complexity index is 444. The maximum absolute atomic E-state index is 12.1. The predicted molar refractivity (Wildman–Crippen MR) is 72.9 cm³/mol. The van der Waals surface area contributed by atoms with E-state index in [-0.39, 0.29) is 11.8 Å². The molecule has 1 atom stereocenters. The number of morpholine rings is 1. The maximum Gasteiger partial charge on any atom is 0.174 e. The summed E-state index contributed by atoms with van der Waals surface area (Å²) in [5.74, 6) is 6.17. The van der Waals surface area contributed by atoms with Gasteiger partial charge < -0.3 is 4.74 Å². The highest BCUT2D eigenvalue weighted by Gasteiger charge is 2.25. The molecule has 1 aliphatic heterocycles. The van der Waals surface area contributed by atoms with E-state index in [0.29, 0.717) is 13.0 Å². The second kappa shape index (κ2) is 6.69. The van der Waals surface area contributed by atoms with Gasteiger partial charge in [-0.2, -0.15) is 0 Å². The monoisotopic (exact) mass is 263 g/mol. The average Bonchev–Trinajstić information content (AvgIpc) is 2.91. The van der Waals surface area contributed by atoms with Crippen LogP contribution in [0.2, 0.25) is 0 Å². The molecule has 4 heteroatoms. The van der Waals surface area contributed by atoms with Crippen molar-refractivity contribution in [2.24, 2.45) is 0 Å². The first-order chi connectivity index (χ1) is 8.81. The first-order valence-electron chi connectivity index (χ1n) is 6.09. The molecule has 0 spiro atoms. The smallest absolute Gasteiger partial charge is 0.174 e. The number of hydrogen-bond acceptors (Lipinski definition) is 4. The van der Waals surface area contributed by atoms with Gasteiger partial charge in [-0.05, 0) is 18.4 Å². The number of carbonyl (C=O) groups is 1. The van der Waals surface area contributed by atoms with Gasteiger partial charge in [0.15, 0.2) is 5.78 Å². The topological polar surface area (TPSA) is 29.5 Å². The molecule has 1 saturated heterocycles. The molecule has 0 aromatic carbocycles. The average molecular weight is 263 g/mol. The summed E-state index contributed by atoms with van der Waals surface area (Å²) >= 11 is 1.50. The highest BCUT2D eigenvalue weighted by molar-refractivity contribution is 7.12. The molecule has 0 bridgehead atoms. The van der Waals surface area contributed by atoms with Crippen molar-refractivity contribution < 1.29 is 9.53 Å². The fourth-order valence-corrected chi connectivity index (χ4v) is 2.69. The summed E-state index contributed by atoms with van der Waals surface area (Å²) in [5.41, 5.74) is 0. The Kier molecular flexibility index (Phi) is 4.94. The molecule has 3 nitrogen and oxygen atoms in total. The largest absolute Gasteiger partial charge is 0.378 e. The highest BCUT2D eigenvalue weighted by atomic mass is 32.1. The molecule has 2 rings (SSSR count). The molecule has 0 N–H and O–H groups in total. The third-order valence-corrected chi connectivity index (χ3v) is 3.94. The standard InChI is InChI=1S/C14H17NO2S/c1-2-3-6-15-7-8-17-11-12(15)10-13(16)14-5-4-9-18-14/h4-5,9,12H,6-8,10-11H2,1H3/t12-/m1/s1. The van der Waals surface area contributed by atoms with E-state index in [2.05, 4.69) is 16.7 Å². The Morgan fingerprint density at radius 3 is 3.28 bits per heavy atom. The zero-order chi connectivity index (χ0) is 12.8. The number of ether oxygens (including phenoxy) is 1. The lowest BCUT2D eigenvalue weighted by Crippen LogP contribution is -2.46. The molecule has 0 unspecified atom stereocenters. The molecule has 1 aromatic rings. The van der Waals surface area contributed by atoms with Crippen LogP contribution in [0, 0.1) is 11.8 Å². The lowest BCUT2D eigenvalue weighted by Gasteiger charge is -2.33. The van der Waals surface area contributed by atoms with Crippen LogP contribution in [0.5, 0.6) is 0 Å². The SMILES string of the molecule is CC#CCN1CCOC[C@H]1CC(=O)c1cccs1. The minimum Gasteiger partial charge on any atom is -0.378 e. The lowest BCUT2D eigenvalue weighted by molar-refractivity contribution is -0.00200. The molecule has 96 valence electrons. The van der Waals surface area contributed by atoms with Crippen molar-refractivity contribution in [2.45, 2.75) is 19.4 Å². The number of nitrogens with zero attached hydrogens (tertiary/aromatic N) is 1. The van der Waals surface area contributed by atoms with Gasteiger partial charge in [-0.15, -0.1) is 17.3 Å². The first kappa shape index (κ1) is 13.3. The maximum atomic E-state index is 12.1. The number of hydrogen-bond donors (Lipinski definition) is 0. The fraction of sp³-hybridized carbons (Fsp3) is 0.500. The lowest BCUT2D eigenvalue weighted by atomic mass is 10.1. The van der Waals surface area contributed by atoms with Gasteiger partial charge in [0.05, 0.1) is 24.6 Å². The molecule has 0 aliphatic carbocycles. The van der Waals surface area contributed by atoms with Gasteiger partial charge in [-0.1, -0.05) is 12.0 Å². The molecule has 1 aliphatic rings. The second-order valence-corrected chi connectivity index (χ2v) is 5.18. The van der Waals surface area contributed by atoms with Gasteiger partial charge in [0, 0.05) is 19.0 Å². The highest BCUT2D eigenvalue weighted by Crippen LogP contribution is 2.16. The normalized spacial score (nSPS) is 20.2. The van der Waals surface area contributed by atoms with Crippen molar-refractivity contribution in [1.29, 1.82) is 0 Å². The molecule has 1 fully saturated rings. The van der Waals surface area contributed by atoms with E-state index in [9.17, 15) is 4.79 Å². The van der Waals surface area contributed by atoms with Gasteiger partial charge in [-0.3, -0.25) is 9.69 Å². The Balaban J connectivity index is 1.96.